The molecule has 1 heterocycles. The van der Waals surface area contributed by atoms with Crippen LogP contribution < -0.4 is 9.64 Å². The van der Waals surface area contributed by atoms with Gasteiger partial charge in [0.1, 0.15) is 11.5 Å². The van der Waals surface area contributed by atoms with Crippen LogP contribution in [0.1, 0.15) is 22.7 Å². The summed E-state index contributed by atoms with van der Waals surface area (Å²) in [5.74, 6) is -0.990. The second-order valence-corrected chi connectivity index (χ2v) is 7.15. The molecule has 4 rings (SSSR count). The molecule has 0 bridgehead atoms. The number of aliphatic hydroxyl groups is 1. The molecule has 1 aliphatic rings. The molecule has 30 heavy (non-hydrogen) atoms. The van der Waals surface area contributed by atoms with E-state index >= 15 is 0 Å². The van der Waals surface area contributed by atoms with E-state index in [9.17, 15) is 14.7 Å². The first-order valence-corrected chi connectivity index (χ1v) is 9.58. The van der Waals surface area contributed by atoms with Crippen molar-refractivity contribution in [2.45, 2.75) is 13.0 Å². The van der Waals surface area contributed by atoms with E-state index < -0.39 is 17.7 Å². The quantitative estimate of drug-likeness (QED) is 0.395. The highest BCUT2D eigenvalue weighted by atomic mass is 16.5. The molecule has 0 saturated carbocycles. The average molecular weight is 399 g/mol. The Morgan fingerprint density at radius 2 is 1.67 bits per heavy atom. The van der Waals surface area contributed by atoms with Crippen LogP contribution in [-0.2, 0) is 9.59 Å². The molecule has 1 fully saturated rings. The van der Waals surface area contributed by atoms with Crippen molar-refractivity contribution in [2.75, 3.05) is 12.0 Å². The Morgan fingerprint density at radius 3 is 2.37 bits per heavy atom. The molecule has 1 unspecified atom stereocenters. The summed E-state index contributed by atoms with van der Waals surface area (Å²) in [5, 5.41) is 11.0. The summed E-state index contributed by atoms with van der Waals surface area (Å²) in [7, 11) is 1.56. The van der Waals surface area contributed by atoms with Crippen molar-refractivity contribution >= 4 is 23.1 Å². The molecule has 3 aromatic rings. The molecule has 1 atom stereocenters. The van der Waals surface area contributed by atoms with E-state index in [1.165, 1.54) is 4.90 Å². The number of ketones is 1. The number of amides is 1. The predicted molar refractivity (Wildman–Crippen MR) is 115 cm³/mol. The predicted octanol–water partition coefficient (Wildman–Crippen LogP) is 4.63. The standard InChI is InChI=1S/C25H21NO4/c1-16-8-6-12-19(14-16)26-22(18-11-7-13-20(15-18)30-2)21(24(28)25(26)29)23(27)17-9-4-3-5-10-17/h3-15,22,27H,1-2H3/b23-21+. The fourth-order valence-electron chi connectivity index (χ4n) is 3.76. The highest BCUT2D eigenvalue weighted by Gasteiger charge is 2.47. The number of aryl methyl sites for hydroxylation is 1. The van der Waals surface area contributed by atoms with Gasteiger partial charge in [-0.3, -0.25) is 14.5 Å². The molecule has 5 heteroatoms. The molecular formula is C25H21NO4. The normalized spacial score (nSPS) is 17.9. The summed E-state index contributed by atoms with van der Waals surface area (Å²) in [6.07, 6.45) is 0. The van der Waals surface area contributed by atoms with E-state index in [1.54, 1.807) is 55.6 Å². The SMILES string of the molecule is COc1cccc(C2/C(=C(\O)c3ccccc3)C(=O)C(=O)N2c2cccc(C)c2)c1. The van der Waals surface area contributed by atoms with Crippen LogP contribution in [0.2, 0.25) is 0 Å². The van der Waals surface area contributed by atoms with E-state index in [4.69, 9.17) is 4.74 Å². The first-order chi connectivity index (χ1) is 14.5. The number of hydrogen-bond acceptors (Lipinski definition) is 4. The van der Waals surface area contributed by atoms with Gasteiger partial charge in [0.25, 0.3) is 11.7 Å². The van der Waals surface area contributed by atoms with Gasteiger partial charge in [0.15, 0.2) is 0 Å². The number of aliphatic hydroxyl groups excluding tert-OH is 1. The lowest BCUT2D eigenvalue weighted by atomic mass is 9.95. The minimum Gasteiger partial charge on any atom is -0.507 e. The number of benzene rings is 3. The maximum Gasteiger partial charge on any atom is 0.300 e. The van der Waals surface area contributed by atoms with Crippen molar-refractivity contribution in [3.63, 3.8) is 0 Å². The molecule has 3 aromatic carbocycles. The zero-order chi connectivity index (χ0) is 21.3. The van der Waals surface area contributed by atoms with Gasteiger partial charge in [-0.15, -0.1) is 0 Å². The summed E-state index contributed by atoms with van der Waals surface area (Å²) in [6, 6.07) is 22.6. The average Bonchev–Trinajstić information content (AvgIpc) is 3.04. The first-order valence-electron chi connectivity index (χ1n) is 9.58. The van der Waals surface area contributed by atoms with Crippen LogP contribution in [0.4, 0.5) is 5.69 Å². The van der Waals surface area contributed by atoms with Gasteiger partial charge in [-0.1, -0.05) is 54.6 Å². The molecule has 0 aliphatic carbocycles. The number of nitrogens with zero attached hydrogens (tertiary/aromatic N) is 1. The molecule has 0 aromatic heterocycles. The molecule has 1 saturated heterocycles. The lowest BCUT2D eigenvalue weighted by Crippen LogP contribution is -2.29. The highest BCUT2D eigenvalue weighted by molar-refractivity contribution is 6.51. The Hall–Kier alpha value is -3.86. The number of hydrogen-bond donors (Lipinski definition) is 1. The van der Waals surface area contributed by atoms with Gasteiger partial charge < -0.3 is 9.84 Å². The summed E-state index contributed by atoms with van der Waals surface area (Å²) in [6.45, 7) is 1.92. The van der Waals surface area contributed by atoms with Gasteiger partial charge in [-0.05, 0) is 42.3 Å². The van der Waals surface area contributed by atoms with Crippen LogP contribution >= 0.6 is 0 Å². The van der Waals surface area contributed by atoms with Crippen molar-refractivity contribution < 1.29 is 19.4 Å². The van der Waals surface area contributed by atoms with Crippen LogP contribution in [0.5, 0.6) is 5.75 Å². The van der Waals surface area contributed by atoms with E-state index in [1.807, 2.05) is 37.3 Å². The number of methoxy groups -OCH3 is 1. The van der Waals surface area contributed by atoms with Crippen molar-refractivity contribution in [1.82, 2.24) is 0 Å². The molecule has 1 aliphatic heterocycles. The Kier molecular flexibility index (Phi) is 5.11. The third kappa shape index (κ3) is 3.35. The van der Waals surface area contributed by atoms with Gasteiger partial charge in [0.2, 0.25) is 0 Å². The smallest absolute Gasteiger partial charge is 0.300 e. The van der Waals surface area contributed by atoms with E-state index in [2.05, 4.69) is 0 Å². The maximum atomic E-state index is 13.1. The number of ether oxygens (including phenoxy) is 1. The van der Waals surface area contributed by atoms with Crippen molar-refractivity contribution in [3.8, 4) is 5.75 Å². The monoisotopic (exact) mass is 399 g/mol. The fraction of sp³-hybridized carbons (Fsp3) is 0.120. The van der Waals surface area contributed by atoms with Gasteiger partial charge >= 0.3 is 0 Å². The van der Waals surface area contributed by atoms with Crippen LogP contribution in [-0.4, -0.2) is 23.9 Å². The summed E-state index contributed by atoms with van der Waals surface area (Å²) < 4.78 is 5.34. The molecular weight excluding hydrogens is 378 g/mol. The minimum atomic E-state index is -0.776. The zero-order valence-corrected chi connectivity index (χ0v) is 16.7. The highest BCUT2D eigenvalue weighted by Crippen LogP contribution is 2.42. The lowest BCUT2D eigenvalue weighted by molar-refractivity contribution is -0.132. The minimum absolute atomic E-state index is 0.0564. The summed E-state index contributed by atoms with van der Waals surface area (Å²) in [4.78, 5) is 27.6. The fourth-order valence-corrected chi connectivity index (χ4v) is 3.76. The topological polar surface area (TPSA) is 66.8 Å². The molecule has 0 radical (unpaired) electrons. The zero-order valence-electron chi connectivity index (χ0n) is 16.7. The van der Waals surface area contributed by atoms with Crippen molar-refractivity contribution in [2.24, 2.45) is 0 Å². The number of carbonyl (C=O) groups excluding carboxylic acids is 2. The molecule has 1 amide bonds. The lowest BCUT2D eigenvalue weighted by Gasteiger charge is -2.26. The van der Waals surface area contributed by atoms with Gasteiger partial charge in [0.05, 0.1) is 18.7 Å². The van der Waals surface area contributed by atoms with E-state index in [0.29, 0.717) is 22.6 Å². The molecule has 1 N–H and O–H groups in total. The maximum absolute atomic E-state index is 13.1. The molecule has 0 spiro atoms. The van der Waals surface area contributed by atoms with Crippen LogP contribution in [0, 0.1) is 6.92 Å². The largest absolute Gasteiger partial charge is 0.507 e. The number of Topliss-reactive ketones (excluding diaryl/α,β-unsaturated/α-hetero) is 1. The van der Waals surface area contributed by atoms with E-state index in [-0.39, 0.29) is 11.3 Å². The molecule has 150 valence electrons. The van der Waals surface area contributed by atoms with Gasteiger partial charge in [-0.2, -0.15) is 0 Å². The number of rotatable bonds is 4. The Balaban J connectivity index is 1.97. The number of carbonyl (C=O) groups is 2. The van der Waals surface area contributed by atoms with Gasteiger partial charge in [0, 0.05) is 11.3 Å². The Morgan fingerprint density at radius 1 is 0.933 bits per heavy atom. The third-order valence-corrected chi connectivity index (χ3v) is 5.18. The Labute approximate surface area is 174 Å². The van der Waals surface area contributed by atoms with Crippen LogP contribution in [0.15, 0.2) is 84.4 Å². The Bertz CT molecular complexity index is 1150. The van der Waals surface area contributed by atoms with Crippen LogP contribution in [0.25, 0.3) is 5.76 Å². The summed E-state index contributed by atoms with van der Waals surface area (Å²) in [5.41, 5.74) is 2.76. The second-order valence-electron chi connectivity index (χ2n) is 7.15. The third-order valence-electron chi connectivity index (χ3n) is 5.18. The molecule has 5 nitrogen and oxygen atoms in total. The van der Waals surface area contributed by atoms with E-state index in [0.717, 1.165) is 5.56 Å². The van der Waals surface area contributed by atoms with Crippen molar-refractivity contribution in [1.29, 1.82) is 0 Å². The number of anilines is 1. The van der Waals surface area contributed by atoms with Crippen LogP contribution in [0.3, 0.4) is 0 Å². The van der Waals surface area contributed by atoms with Gasteiger partial charge in [-0.25, -0.2) is 0 Å². The summed E-state index contributed by atoms with van der Waals surface area (Å²) >= 11 is 0. The first kappa shape index (κ1) is 19.5. The van der Waals surface area contributed by atoms with Crippen molar-refractivity contribution in [3.05, 3.63) is 101 Å². The second kappa shape index (κ2) is 7.87.